The van der Waals surface area contributed by atoms with Gasteiger partial charge < -0.3 is 19.4 Å². The van der Waals surface area contributed by atoms with Gasteiger partial charge in [-0.25, -0.2) is 4.79 Å². The molecule has 0 radical (unpaired) electrons. The normalized spacial score (nSPS) is 15.0. The van der Waals surface area contributed by atoms with Crippen LogP contribution in [-0.4, -0.2) is 27.6 Å². The van der Waals surface area contributed by atoms with Gasteiger partial charge in [0.2, 0.25) is 5.76 Å². The Hall–Kier alpha value is -3.79. The Labute approximate surface area is 179 Å². The van der Waals surface area contributed by atoms with E-state index in [0.717, 1.165) is 42.1 Å². The average molecular weight is 417 g/mol. The minimum absolute atomic E-state index is 0.0691. The third-order valence-corrected chi connectivity index (χ3v) is 5.62. The fourth-order valence-electron chi connectivity index (χ4n) is 4.08. The molecule has 4 rings (SSSR count). The predicted octanol–water partition coefficient (Wildman–Crippen LogP) is 4.34. The first kappa shape index (κ1) is 20.5. The highest BCUT2D eigenvalue weighted by atomic mass is 16.4. The van der Waals surface area contributed by atoms with Gasteiger partial charge in [0.1, 0.15) is 17.4 Å². The molecule has 0 aliphatic heterocycles. The number of carboxylic acids is 1. The van der Waals surface area contributed by atoms with Gasteiger partial charge in [0, 0.05) is 28.7 Å². The Kier molecular flexibility index (Phi) is 5.89. The van der Waals surface area contributed by atoms with E-state index in [1.807, 2.05) is 41.1 Å². The van der Waals surface area contributed by atoms with Crippen LogP contribution in [0.5, 0.6) is 0 Å². The number of fused-ring (bicyclic) bond motifs is 1. The molecule has 0 unspecified atom stereocenters. The van der Waals surface area contributed by atoms with Crippen molar-refractivity contribution in [3.05, 3.63) is 65.3 Å². The standard InChI is InChI=1S/C24H23N3O4/c25-13-16(23(28)26-18-6-2-1-3-7-18)12-17-14-27(21-9-5-4-8-20(17)21)15-19-10-11-22(31-19)24(29)30/h4-5,8-12,14,18H,1-3,6-7,15H2,(H,26,28)(H,29,30)/b16-12-. The number of carbonyl (C=O) groups is 2. The molecule has 0 atom stereocenters. The van der Waals surface area contributed by atoms with E-state index in [9.17, 15) is 14.9 Å². The van der Waals surface area contributed by atoms with Crippen LogP contribution in [0.3, 0.4) is 0 Å². The van der Waals surface area contributed by atoms with Crippen molar-refractivity contribution in [2.24, 2.45) is 0 Å². The van der Waals surface area contributed by atoms with Crippen molar-refractivity contribution in [3.8, 4) is 6.07 Å². The van der Waals surface area contributed by atoms with E-state index in [4.69, 9.17) is 9.52 Å². The summed E-state index contributed by atoms with van der Waals surface area (Å²) in [5, 5.41) is 22.5. The Morgan fingerprint density at radius 3 is 2.68 bits per heavy atom. The first-order valence-corrected chi connectivity index (χ1v) is 10.4. The number of nitrogens with one attached hydrogen (secondary N) is 1. The number of amides is 1. The summed E-state index contributed by atoms with van der Waals surface area (Å²) < 4.78 is 7.30. The topological polar surface area (TPSA) is 108 Å². The molecule has 2 N–H and O–H groups in total. The zero-order chi connectivity index (χ0) is 21.8. The fraction of sp³-hybridized carbons (Fsp3) is 0.292. The van der Waals surface area contributed by atoms with Gasteiger partial charge in [0.15, 0.2) is 0 Å². The van der Waals surface area contributed by atoms with E-state index >= 15 is 0 Å². The van der Waals surface area contributed by atoms with Crippen LogP contribution in [-0.2, 0) is 11.3 Å². The summed E-state index contributed by atoms with van der Waals surface area (Å²) in [6, 6.07) is 12.9. The number of aromatic nitrogens is 1. The van der Waals surface area contributed by atoms with Crippen molar-refractivity contribution in [3.63, 3.8) is 0 Å². The van der Waals surface area contributed by atoms with Crippen LogP contribution in [0.2, 0.25) is 0 Å². The number of carbonyl (C=O) groups excluding carboxylic acids is 1. The smallest absolute Gasteiger partial charge is 0.371 e. The highest BCUT2D eigenvalue weighted by Gasteiger charge is 2.19. The highest BCUT2D eigenvalue weighted by molar-refractivity contribution is 6.04. The number of para-hydroxylation sites is 1. The molecule has 3 aromatic rings. The van der Waals surface area contributed by atoms with E-state index in [2.05, 4.69) is 5.32 Å². The largest absolute Gasteiger partial charge is 0.475 e. The van der Waals surface area contributed by atoms with E-state index in [1.54, 1.807) is 12.1 Å². The molecular weight excluding hydrogens is 394 g/mol. The van der Waals surface area contributed by atoms with Crippen molar-refractivity contribution in [1.82, 2.24) is 9.88 Å². The number of nitriles is 1. The summed E-state index contributed by atoms with van der Waals surface area (Å²) in [5.41, 5.74) is 1.71. The molecule has 0 spiro atoms. The van der Waals surface area contributed by atoms with E-state index < -0.39 is 5.97 Å². The molecule has 0 saturated heterocycles. The lowest BCUT2D eigenvalue weighted by atomic mass is 9.95. The quantitative estimate of drug-likeness (QED) is 0.458. The predicted molar refractivity (Wildman–Crippen MR) is 115 cm³/mol. The van der Waals surface area contributed by atoms with Gasteiger partial charge in [-0.05, 0) is 37.1 Å². The first-order chi connectivity index (χ1) is 15.0. The zero-order valence-electron chi connectivity index (χ0n) is 17.0. The number of carboxylic acid groups (broad SMARTS) is 1. The van der Waals surface area contributed by atoms with Gasteiger partial charge >= 0.3 is 5.97 Å². The molecule has 2 aromatic heterocycles. The number of hydrogen-bond acceptors (Lipinski definition) is 4. The Bertz CT molecular complexity index is 1190. The van der Waals surface area contributed by atoms with E-state index in [-0.39, 0.29) is 23.3 Å². The second-order valence-electron chi connectivity index (χ2n) is 7.78. The number of nitrogens with zero attached hydrogens (tertiary/aromatic N) is 2. The van der Waals surface area contributed by atoms with Gasteiger partial charge in [-0.15, -0.1) is 0 Å². The maximum Gasteiger partial charge on any atom is 0.371 e. The molecule has 1 saturated carbocycles. The third kappa shape index (κ3) is 4.53. The van der Waals surface area contributed by atoms with Gasteiger partial charge in [-0.2, -0.15) is 5.26 Å². The van der Waals surface area contributed by atoms with Crippen molar-refractivity contribution in [2.75, 3.05) is 0 Å². The first-order valence-electron chi connectivity index (χ1n) is 10.4. The Morgan fingerprint density at radius 1 is 1.19 bits per heavy atom. The molecular formula is C24H23N3O4. The van der Waals surface area contributed by atoms with Crippen molar-refractivity contribution in [1.29, 1.82) is 5.26 Å². The van der Waals surface area contributed by atoms with Crippen LogP contribution in [0.25, 0.3) is 17.0 Å². The van der Waals surface area contributed by atoms with Crippen molar-refractivity contribution >= 4 is 28.9 Å². The van der Waals surface area contributed by atoms with Crippen molar-refractivity contribution < 1.29 is 19.1 Å². The van der Waals surface area contributed by atoms with Crippen LogP contribution < -0.4 is 5.32 Å². The minimum atomic E-state index is -1.12. The molecule has 158 valence electrons. The summed E-state index contributed by atoms with van der Waals surface area (Å²) >= 11 is 0. The summed E-state index contributed by atoms with van der Waals surface area (Å²) in [6.07, 6.45) is 8.74. The lowest BCUT2D eigenvalue weighted by Gasteiger charge is -2.22. The second kappa shape index (κ2) is 8.92. The molecule has 0 bridgehead atoms. The maximum atomic E-state index is 12.7. The van der Waals surface area contributed by atoms with Crippen LogP contribution >= 0.6 is 0 Å². The van der Waals surface area contributed by atoms with E-state index in [1.165, 1.54) is 12.5 Å². The third-order valence-electron chi connectivity index (χ3n) is 5.62. The lowest BCUT2D eigenvalue weighted by Crippen LogP contribution is -2.36. The molecule has 1 aliphatic carbocycles. The van der Waals surface area contributed by atoms with Gasteiger partial charge in [-0.1, -0.05) is 37.5 Å². The van der Waals surface area contributed by atoms with Crippen LogP contribution in [0.15, 0.2) is 52.6 Å². The monoisotopic (exact) mass is 417 g/mol. The van der Waals surface area contributed by atoms with Crippen LogP contribution in [0.1, 0.15) is 54.0 Å². The highest BCUT2D eigenvalue weighted by Crippen LogP contribution is 2.25. The molecule has 7 nitrogen and oxygen atoms in total. The number of hydrogen-bond donors (Lipinski definition) is 2. The number of aromatic carboxylic acids is 1. The van der Waals surface area contributed by atoms with E-state index in [0.29, 0.717) is 12.3 Å². The Balaban J connectivity index is 1.62. The second-order valence-corrected chi connectivity index (χ2v) is 7.78. The summed E-state index contributed by atoms with van der Waals surface area (Å²) in [7, 11) is 0. The van der Waals surface area contributed by atoms with Gasteiger partial charge in [0.25, 0.3) is 5.91 Å². The fourth-order valence-corrected chi connectivity index (χ4v) is 4.08. The zero-order valence-corrected chi connectivity index (χ0v) is 17.0. The molecule has 1 amide bonds. The number of benzene rings is 1. The number of furan rings is 1. The maximum absolute atomic E-state index is 12.7. The lowest BCUT2D eigenvalue weighted by molar-refractivity contribution is -0.117. The number of rotatable bonds is 6. The summed E-state index contributed by atoms with van der Waals surface area (Å²) in [6.45, 7) is 0.331. The molecule has 7 heteroatoms. The molecule has 31 heavy (non-hydrogen) atoms. The average Bonchev–Trinajstić information content (AvgIpc) is 3.38. The molecule has 1 aliphatic rings. The van der Waals surface area contributed by atoms with Crippen LogP contribution in [0, 0.1) is 11.3 Å². The Morgan fingerprint density at radius 2 is 1.97 bits per heavy atom. The molecule has 1 aromatic carbocycles. The molecule has 1 fully saturated rings. The van der Waals surface area contributed by atoms with Gasteiger partial charge in [-0.3, -0.25) is 4.79 Å². The summed E-state index contributed by atoms with van der Waals surface area (Å²) in [4.78, 5) is 23.7. The van der Waals surface area contributed by atoms with Gasteiger partial charge in [0.05, 0.1) is 6.54 Å². The van der Waals surface area contributed by atoms with Crippen molar-refractivity contribution in [2.45, 2.75) is 44.7 Å². The minimum Gasteiger partial charge on any atom is -0.475 e. The summed E-state index contributed by atoms with van der Waals surface area (Å²) in [5.74, 6) is -1.07. The molecule has 2 heterocycles. The van der Waals surface area contributed by atoms with Crippen LogP contribution in [0.4, 0.5) is 0 Å². The SMILES string of the molecule is N#C/C(=C/c1cn(Cc2ccc(C(=O)O)o2)c2ccccc12)C(=O)NC1CCCCC1.